The first-order valence-corrected chi connectivity index (χ1v) is 6.42. The standard InChI is InChI=1S/C10H13N5O2S/c1-6(2)8(3-9(16)17)15-10(12-13-14-15)7-4-18-5-11-7/h4-6,8H,3H2,1-2H3,(H,16,17). The molecule has 18 heavy (non-hydrogen) atoms. The van der Waals surface area contributed by atoms with Gasteiger partial charge in [-0.2, -0.15) is 0 Å². The second-order valence-corrected chi connectivity index (χ2v) is 4.95. The number of hydrogen-bond donors (Lipinski definition) is 1. The van der Waals surface area contributed by atoms with Crippen LogP contribution in [-0.2, 0) is 4.79 Å². The molecule has 0 aromatic carbocycles. The van der Waals surface area contributed by atoms with E-state index in [4.69, 9.17) is 5.11 Å². The van der Waals surface area contributed by atoms with Gasteiger partial charge in [-0.3, -0.25) is 4.79 Å². The van der Waals surface area contributed by atoms with Gasteiger partial charge >= 0.3 is 5.97 Å². The Balaban J connectivity index is 2.37. The van der Waals surface area contributed by atoms with Gasteiger partial charge in [0.15, 0.2) is 0 Å². The molecule has 1 N–H and O–H groups in total. The summed E-state index contributed by atoms with van der Waals surface area (Å²) in [6.07, 6.45) is -0.0140. The zero-order valence-electron chi connectivity index (χ0n) is 10.0. The highest BCUT2D eigenvalue weighted by Gasteiger charge is 2.24. The number of rotatable bonds is 5. The summed E-state index contributed by atoms with van der Waals surface area (Å²) in [7, 11) is 0. The van der Waals surface area contributed by atoms with Gasteiger partial charge in [0.05, 0.1) is 18.0 Å². The Bertz CT molecular complexity index is 522. The number of carboxylic acids is 1. The summed E-state index contributed by atoms with van der Waals surface area (Å²) in [4.78, 5) is 15.1. The molecule has 0 bridgehead atoms. The lowest BCUT2D eigenvalue weighted by molar-refractivity contribution is -0.138. The van der Waals surface area contributed by atoms with Crippen molar-refractivity contribution in [3.05, 3.63) is 10.9 Å². The normalized spacial score (nSPS) is 12.8. The summed E-state index contributed by atoms with van der Waals surface area (Å²) >= 11 is 1.44. The van der Waals surface area contributed by atoms with E-state index < -0.39 is 5.97 Å². The number of hydrogen-bond acceptors (Lipinski definition) is 6. The van der Waals surface area contributed by atoms with Crippen LogP contribution in [0.2, 0.25) is 0 Å². The molecule has 0 saturated carbocycles. The van der Waals surface area contributed by atoms with Crippen LogP contribution in [0.25, 0.3) is 11.5 Å². The number of carboxylic acid groups (broad SMARTS) is 1. The van der Waals surface area contributed by atoms with Crippen molar-refractivity contribution < 1.29 is 9.90 Å². The predicted octanol–water partition coefficient (Wildman–Crippen LogP) is 1.47. The maximum Gasteiger partial charge on any atom is 0.305 e. The average Bonchev–Trinajstić information content (AvgIpc) is 2.95. The van der Waals surface area contributed by atoms with Gasteiger partial charge in [-0.25, -0.2) is 9.67 Å². The topological polar surface area (TPSA) is 93.8 Å². The van der Waals surface area contributed by atoms with E-state index in [9.17, 15) is 4.79 Å². The second kappa shape index (κ2) is 5.21. The molecule has 7 nitrogen and oxygen atoms in total. The van der Waals surface area contributed by atoms with Gasteiger partial charge in [-0.1, -0.05) is 13.8 Å². The summed E-state index contributed by atoms with van der Waals surface area (Å²) in [5.41, 5.74) is 2.36. The van der Waals surface area contributed by atoms with Gasteiger partial charge in [0.25, 0.3) is 0 Å². The van der Waals surface area contributed by atoms with Crippen LogP contribution in [0, 0.1) is 5.92 Å². The number of aliphatic carboxylic acids is 1. The Kier molecular flexibility index (Phi) is 3.66. The summed E-state index contributed by atoms with van der Waals surface area (Å²) < 4.78 is 1.55. The number of nitrogens with zero attached hydrogens (tertiary/aromatic N) is 5. The maximum absolute atomic E-state index is 10.9. The van der Waals surface area contributed by atoms with Crippen molar-refractivity contribution in [3.8, 4) is 11.5 Å². The van der Waals surface area contributed by atoms with Gasteiger partial charge in [-0.05, 0) is 16.3 Å². The fraction of sp³-hybridized carbons (Fsp3) is 0.500. The van der Waals surface area contributed by atoms with Gasteiger partial charge in [-0.15, -0.1) is 16.4 Å². The minimum atomic E-state index is -0.867. The highest BCUT2D eigenvalue weighted by atomic mass is 32.1. The highest BCUT2D eigenvalue weighted by molar-refractivity contribution is 7.07. The van der Waals surface area contributed by atoms with Gasteiger partial charge in [0, 0.05) is 5.38 Å². The van der Waals surface area contributed by atoms with Crippen LogP contribution >= 0.6 is 11.3 Å². The third kappa shape index (κ3) is 2.53. The number of carbonyl (C=O) groups is 1. The van der Waals surface area contributed by atoms with Crippen molar-refractivity contribution >= 4 is 17.3 Å². The summed E-state index contributed by atoms with van der Waals surface area (Å²) in [5, 5.41) is 22.2. The molecule has 2 aromatic heterocycles. The minimum Gasteiger partial charge on any atom is -0.481 e. The molecule has 0 aliphatic heterocycles. The number of tetrazole rings is 1. The van der Waals surface area contributed by atoms with E-state index in [-0.39, 0.29) is 18.4 Å². The average molecular weight is 267 g/mol. The van der Waals surface area contributed by atoms with Crippen molar-refractivity contribution in [2.24, 2.45) is 5.92 Å². The van der Waals surface area contributed by atoms with Gasteiger partial charge < -0.3 is 5.11 Å². The molecule has 0 saturated heterocycles. The lowest BCUT2D eigenvalue weighted by Crippen LogP contribution is -2.21. The van der Waals surface area contributed by atoms with Crippen LogP contribution in [0.15, 0.2) is 10.9 Å². The molecule has 1 atom stereocenters. The zero-order chi connectivity index (χ0) is 13.1. The second-order valence-electron chi connectivity index (χ2n) is 4.23. The van der Waals surface area contributed by atoms with Crippen LogP contribution in [0.1, 0.15) is 26.3 Å². The number of thiazole rings is 1. The minimum absolute atomic E-state index is 0.0140. The monoisotopic (exact) mass is 267 g/mol. The summed E-state index contributed by atoms with van der Waals surface area (Å²) in [6.45, 7) is 3.89. The van der Waals surface area contributed by atoms with Crippen molar-refractivity contribution in [2.75, 3.05) is 0 Å². The molecule has 0 aliphatic carbocycles. The molecule has 0 spiro atoms. The van der Waals surface area contributed by atoms with Gasteiger partial charge in [0.2, 0.25) is 5.82 Å². The molecule has 0 amide bonds. The van der Waals surface area contributed by atoms with Crippen molar-refractivity contribution in [1.82, 2.24) is 25.2 Å². The highest BCUT2D eigenvalue weighted by Crippen LogP contribution is 2.25. The largest absolute Gasteiger partial charge is 0.481 e. The van der Waals surface area contributed by atoms with Crippen LogP contribution in [0.4, 0.5) is 0 Å². The lowest BCUT2D eigenvalue weighted by atomic mass is 10.0. The van der Waals surface area contributed by atoms with Crippen molar-refractivity contribution in [1.29, 1.82) is 0 Å². The molecule has 2 aromatic rings. The van der Waals surface area contributed by atoms with E-state index >= 15 is 0 Å². The van der Waals surface area contributed by atoms with Crippen LogP contribution in [0.3, 0.4) is 0 Å². The lowest BCUT2D eigenvalue weighted by Gasteiger charge is -2.19. The van der Waals surface area contributed by atoms with E-state index in [1.54, 1.807) is 10.2 Å². The third-order valence-corrected chi connectivity index (χ3v) is 3.21. The van der Waals surface area contributed by atoms with Crippen LogP contribution < -0.4 is 0 Å². The molecule has 2 rings (SSSR count). The Hall–Kier alpha value is -1.83. The summed E-state index contributed by atoms with van der Waals surface area (Å²) in [5.74, 6) is -0.244. The third-order valence-electron chi connectivity index (χ3n) is 2.62. The molecular formula is C10H13N5O2S. The van der Waals surface area contributed by atoms with Crippen LogP contribution in [0.5, 0.6) is 0 Å². The molecule has 96 valence electrons. The first-order valence-electron chi connectivity index (χ1n) is 5.47. The molecule has 1 unspecified atom stereocenters. The van der Waals surface area contributed by atoms with Crippen molar-refractivity contribution in [2.45, 2.75) is 26.3 Å². The van der Waals surface area contributed by atoms with E-state index in [0.717, 1.165) is 0 Å². The van der Waals surface area contributed by atoms with E-state index in [0.29, 0.717) is 11.5 Å². The number of aromatic nitrogens is 5. The quantitative estimate of drug-likeness (QED) is 0.881. The maximum atomic E-state index is 10.9. The van der Waals surface area contributed by atoms with Crippen LogP contribution in [-0.4, -0.2) is 36.3 Å². The van der Waals surface area contributed by atoms with E-state index in [2.05, 4.69) is 20.5 Å². The molecule has 0 fully saturated rings. The first kappa shape index (κ1) is 12.6. The summed E-state index contributed by atoms with van der Waals surface area (Å²) in [6, 6.07) is -0.283. The Morgan fingerprint density at radius 2 is 2.33 bits per heavy atom. The Labute approximate surface area is 107 Å². The fourth-order valence-corrected chi connectivity index (χ4v) is 2.22. The fourth-order valence-electron chi connectivity index (χ4n) is 1.69. The smallest absolute Gasteiger partial charge is 0.305 e. The molecule has 0 aliphatic rings. The Morgan fingerprint density at radius 3 is 2.89 bits per heavy atom. The first-order chi connectivity index (χ1) is 8.59. The SMILES string of the molecule is CC(C)C(CC(=O)O)n1nnnc1-c1cscn1. The predicted molar refractivity (Wildman–Crippen MR) is 65.1 cm³/mol. The molecule has 8 heteroatoms. The molecule has 2 heterocycles. The Morgan fingerprint density at radius 1 is 1.56 bits per heavy atom. The van der Waals surface area contributed by atoms with E-state index in [1.165, 1.54) is 11.3 Å². The zero-order valence-corrected chi connectivity index (χ0v) is 10.8. The molecule has 0 radical (unpaired) electrons. The molecular weight excluding hydrogens is 254 g/mol. The van der Waals surface area contributed by atoms with Crippen molar-refractivity contribution in [3.63, 3.8) is 0 Å². The van der Waals surface area contributed by atoms with Gasteiger partial charge in [0.1, 0.15) is 5.69 Å². The van der Waals surface area contributed by atoms with E-state index in [1.807, 2.05) is 19.2 Å².